The average Bonchev–Trinajstić information content (AvgIpc) is 3.54. The number of hydrogen-bond acceptors (Lipinski definition) is 1. The Hall–Kier alpha value is -1.94. The molecule has 32 heavy (non-hydrogen) atoms. The Kier molecular flexibility index (Phi) is 6.00. The van der Waals surface area contributed by atoms with Gasteiger partial charge in [-0.2, -0.15) is 0 Å². The van der Waals surface area contributed by atoms with E-state index >= 15 is 0 Å². The minimum atomic E-state index is -2.51. The van der Waals surface area contributed by atoms with E-state index < -0.39 is 8.32 Å². The SMILES string of the molecule is CCO[Si](C1C=Cc2ccccc21)(C1C=Cc2ccccc21)C1C=Cc2ccccc21.[Na]. The largest absolute Gasteiger partial charge is 0.414 e. The van der Waals surface area contributed by atoms with Crippen molar-refractivity contribution in [2.75, 3.05) is 6.61 Å². The van der Waals surface area contributed by atoms with Gasteiger partial charge in [0, 0.05) is 52.8 Å². The van der Waals surface area contributed by atoms with Crippen molar-refractivity contribution in [1.82, 2.24) is 0 Å². The van der Waals surface area contributed by atoms with E-state index in [0.717, 1.165) is 6.61 Å². The second kappa shape index (κ2) is 8.77. The molecule has 3 aromatic carbocycles. The zero-order chi connectivity index (χ0) is 20.8. The summed E-state index contributed by atoms with van der Waals surface area (Å²) in [6, 6.07) is 26.7. The monoisotopic (exact) mass is 441 g/mol. The van der Waals surface area contributed by atoms with Gasteiger partial charge in [-0.15, -0.1) is 0 Å². The van der Waals surface area contributed by atoms with Gasteiger partial charge in [0.1, 0.15) is 0 Å². The molecule has 0 aromatic heterocycles. The van der Waals surface area contributed by atoms with E-state index in [1.54, 1.807) is 0 Å². The Morgan fingerprint density at radius 1 is 0.594 bits per heavy atom. The van der Waals surface area contributed by atoms with Gasteiger partial charge in [-0.1, -0.05) is 109 Å². The van der Waals surface area contributed by atoms with Crippen molar-refractivity contribution in [1.29, 1.82) is 0 Å². The van der Waals surface area contributed by atoms with Crippen LogP contribution >= 0.6 is 0 Å². The van der Waals surface area contributed by atoms with Crippen LogP contribution in [0.3, 0.4) is 0 Å². The van der Waals surface area contributed by atoms with Crippen LogP contribution in [0, 0.1) is 0 Å². The third-order valence-electron chi connectivity index (χ3n) is 7.25. The molecule has 3 heteroatoms. The molecule has 0 fully saturated rings. The van der Waals surface area contributed by atoms with E-state index in [-0.39, 0.29) is 29.6 Å². The van der Waals surface area contributed by atoms with Crippen LogP contribution in [0.15, 0.2) is 91.0 Å². The summed E-state index contributed by atoms with van der Waals surface area (Å²) < 4.78 is 7.14. The Bertz CT molecular complexity index is 1090. The summed E-state index contributed by atoms with van der Waals surface area (Å²) in [5, 5.41) is 0. The van der Waals surface area contributed by atoms with E-state index in [4.69, 9.17) is 4.43 Å². The molecule has 0 spiro atoms. The van der Waals surface area contributed by atoms with Gasteiger partial charge >= 0.3 is 0 Å². The molecule has 1 nitrogen and oxygen atoms in total. The van der Waals surface area contributed by atoms with Crippen LogP contribution in [-0.2, 0) is 4.43 Å². The normalized spacial score (nSPS) is 23.3. The van der Waals surface area contributed by atoms with Crippen LogP contribution in [0.4, 0.5) is 0 Å². The van der Waals surface area contributed by atoms with Crippen LogP contribution in [0.2, 0.25) is 0 Å². The quantitative estimate of drug-likeness (QED) is 0.404. The van der Waals surface area contributed by atoms with Gasteiger partial charge < -0.3 is 4.43 Å². The zero-order valence-corrected chi connectivity index (χ0v) is 21.7. The molecule has 0 heterocycles. The molecule has 0 saturated carbocycles. The molecule has 3 unspecified atom stereocenters. The molecule has 3 aromatic rings. The second-order valence-corrected chi connectivity index (χ2v) is 12.5. The summed E-state index contributed by atoms with van der Waals surface area (Å²) in [5.74, 6) is 0. The second-order valence-electron chi connectivity index (χ2n) is 8.68. The maximum absolute atomic E-state index is 7.14. The van der Waals surface area contributed by atoms with Crippen LogP contribution < -0.4 is 0 Å². The molecular weight excluding hydrogens is 415 g/mol. The number of allylic oxidation sites excluding steroid dienone is 3. The van der Waals surface area contributed by atoms with E-state index in [2.05, 4.69) is 116 Å². The molecule has 0 aliphatic heterocycles. The molecule has 153 valence electrons. The number of hydrogen-bond donors (Lipinski definition) is 0. The van der Waals surface area contributed by atoms with Gasteiger partial charge in [-0.3, -0.25) is 0 Å². The third kappa shape index (κ3) is 3.20. The minimum absolute atomic E-state index is 0. The van der Waals surface area contributed by atoms with Crippen molar-refractivity contribution in [3.05, 3.63) is 124 Å². The van der Waals surface area contributed by atoms with Gasteiger partial charge in [0.25, 0.3) is 0 Å². The Morgan fingerprint density at radius 3 is 1.28 bits per heavy atom. The van der Waals surface area contributed by atoms with Crippen molar-refractivity contribution in [3.63, 3.8) is 0 Å². The molecule has 0 N–H and O–H groups in total. The molecule has 1 radical (unpaired) electrons. The van der Waals surface area contributed by atoms with Crippen LogP contribution in [0.5, 0.6) is 0 Å². The summed E-state index contributed by atoms with van der Waals surface area (Å²) in [6.45, 7) is 2.90. The fourth-order valence-corrected chi connectivity index (χ4v) is 11.7. The van der Waals surface area contributed by atoms with Gasteiger partial charge in [0.15, 0.2) is 0 Å². The summed E-state index contributed by atoms with van der Waals surface area (Å²) in [6.07, 6.45) is 14.3. The maximum Gasteiger partial charge on any atom is 0.225 e. The van der Waals surface area contributed by atoms with E-state index in [9.17, 15) is 0 Å². The summed E-state index contributed by atoms with van der Waals surface area (Å²) >= 11 is 0. The molecule has 3 aliphatic rings. The predicted octanol–water partition coefficient (Wildman–Crippen LogP) is 6.64. The predicted molar refractivity (Wildman–Crippen MR) is 138 cm³/mol. The number of rotatable bonds is 5. The van der Waals surface area contributed by atoms with Crippen molar-refractivity contribution < 1.29 is 4.43 Å². The molecule has 3 atom stereocenters. The molecular formula is C29H26NaOSi. The van der Waals surface area contributed by atoms with Crippen molar-refractivity contribution in [2.45, 2.75) is 23.5 Å². The summed E-state index contributed by atoms with van der Waals surface area (Å²) in [7, 11) is -2.51. The average molecular weight is 442 g/mol. The zero-order valence-electron chi connectivity index (χ0n) is 18.7. The van der Waals surface area contributed by atoms with E-state index in [1.165, 1.54) is 33.4 Å². The van der Waals surface area contributed by atoms with Crippen LogP contribution in [0.25, 0.3) is 18.2 Å². The van der Waals surface area contributed by atoms with Crippen LogP contribution in [-0.4, -0.2) is 44.5 Å². The maximum atomic E-state index is 7.14. The molecule has 0 bridgehead atoms. The Labute approximate surface area is 214 Å². The fraction of sp³-hybridized carbons (Fsp3) is 0.172. The molecule has 6 rings (SSSR count). The molecule has 0 amide bonds. The van der Waals surface area contributed by atoms with Gasteiger partial charge in [-0.05, 0) is 40.3 Å². The first-order valence-corrected chi connectivity index (χ1v) is 13.4. The van der Waals surface area contributed by atoms with Crippen molar-refractivity contribution in [3.8, 4) is 0 Å². The summed E-state index contributed by atoms with van der Waals surface area (Å²) in [4.78, 5) is 0. The first-order chi connectivity index (χ1) is 15.3. The number of benzene rings is 3. The van der Waals surface area contributed by atoms with Crippen molar-refractivity contribution >= 4 is 56.1 Å². The van der Waals surface area contributed by atoms with E-state index in [0.29, 0.717) is 16.6 Å². The molecule has 3 aliphatic carbocycles. The van der Waals surface area contributed by atoms with Gasteiger partial charge in [-0.25, -0.2) is 0 Å². The van der Waals surface area contributed by atoms with Gasteiger partial charge in [0.2, 0.25) is 8.32 Å². The minimum Gasteiger partial charge on any atom is -0.414 e. The Balaban J connectivity index is 0.00000216. The van der Waals surface area contributed by atoms with Gasteiger partial charge in [0.05, 0.1) is 0 Å². The first kappa shape index (κ1) is 21.9. The van der Waals surface area contributed by atoms with Crippen molar-refractivity contribution in [2.24, 2.45) is 0 Å². The topological polar surface area (TPSA) is 9.23 Å². The molecule has 0 saturated heterocycles. The number of fused-ring (bicyclic) bond motifs is 3. The van der Waals surface area contributed by atoms with E-state index in [1.807, 2.05) is 0 Å². The smallest absolute Gasteiger partial charge is 0.225 e. The summed E-state index contributed by atoms with van der Waals surface area (Å²) in [5.41, 5.74) is 9.24. The fourth-order valence-electron chi connectivity index (χ4n) is 6.03. The first-order valence-electron chi connectivity index (χ1n) is 11.3. The standard InChI is InChI=1S/C29H26OSi.Na/c1-2-30-31(27-18-15-21-9-3-6-12-24(21)27,28-19-16-22-10-4-7-13-25(22)28)29-20-17-23-11-5-8-14-26(23)29;/h3-20,27-29H,2H2,1H3;. The third-order valence-corrected chi connectivity index (χ3v) is 12.5. The Morgan fingerprint density at radius 2 is 0.938 bits per heavy atom. The van der Waals surface area contributed by atoms with Crippen LogP contribution in [0.1, 0.15) is 56.9 Å².